The number of hydrazine groups is 1. The number of hydrogen-bond acceptors (Lipinski definition) is 6. The molecule has 186 valence electrons. The van der Waals surface area contributed by atoms with Gasteiger partial charge in [0.05, 0.1) is 18.4 Å². The van der Waals surface area contributed by atoms with E-state index in [0.29, 0.717) is 25.7 Å². The van der Waals surface area contributed by atoms with Gasteiger partial charge in [-0.05, 0) is 99.8 Å². The molecule has 2 radical (unpaired) electrons. The molecule has 32 heavy (non-hydrogen) atoms. The fourth-order valence-corrected chi connectivity index (χ4v) is 9.80. The Morgan fingerprint density at radius 2 is 1.09 bits per heavy atom. The summed E-state index contributed by atoms with van der Waals surface area (Å²) < 4.78 is 15.5. The number of hydroxylamine groups is 4. The molecule has 3 rings (SSSR count). The number of rotatable bonds is 6. The Bertz CT molecular complexity index is 678. The summed E-state index contributed by atoms with van der Waals surface area (Å²) in [5.41, 5.74) is -2.17. The van der Waals surface area contributed by atoms with Crippen LogP contribution >= 0.6 is 6.64 Å². The molecule has 0 saturated carbocycles. The smallest absolute Gasteiger partial charge is 0.279 e. The van der Waals surface area contributed by atoms with E-state index in [9.17, 15) is 10.4 Å². The Morgan fingerprint density at radius 1 is 0.781 bits per heavy atom. The van der Waals surface area contributed by atoms with Gasteiger partial charge in [-0.2, -0.15) is 0 Å². The average molecular weight is 491 g/mol. The van der Waals surface area contributed by atoms with Crippen molar-refractivity contribution in [3.63, 3.8) is 0 Å². The molecule has 0 aromatic rings. The summed E-state index contributed by atoms with van der Waals surface area (Å²) in [7, 11) is 0. The summed E-state index contributed by atoms with van der Waals surface area (Å²) in [6.07, 6.45) is 2.24. The molecule has 0 N–H and O–H groups in total. The molecule has 0 aromatic heterocycles. The van der Waals surface area contributed by atoms with E-state index in [4.69, 9.17) is 20.9 Å². The predicted molar refractivity (Wildman–Crippen MR) is 128 cm³/mol. The van der Waals surface area contributed by atoms with Crippen molar-refractivity contribution in [2.24, 2.45) is 0 Å². The molecule has 0 bridgehead atoms. The second-order valence-corrected chi connectivity index (χ2v) is 15.4. The van der Waals surface area contributed by atoms with Crippen LogP contribution in [0.3, 0.4) is 0 Å². The van der Waals surface area contributed by atoms with Crippen LogP contribution in [-0.4, -0.2) is 67.0 Å². The van der Waals surface area contributed by atoms with Crippen molar-refractivity contribution in [2.75, 3.05) is 6.54 Å². The Labute approximate surface area is 199 Å². The SMILES string of the molecule is CCN1C(C)N1P(=S)(OC1CC(C)(C)N([O])C(C)(C)C1)OC1CC(C)(C)N([O])C(C)(C)C1. The van der Waals surface area contributed by atoms with Crippen LogP contribution in [0.2, 0.25) is 0 Å². The molecular weight excluding hydrogens is 447 g/mol. The van der Waals surface area contributed by atoms with Crippen molar-refractivity contribution in [2.45, 2.75) is 135 Å². The van der Waals surface area contributed by atoms with Crippen LogP contribution in [0.5, 0.6) is 0 Å². The Morgan fingerprint density at radius 3 is 1.34 bits per heavy atom. The van der Waals surface area contributed by atoms with Crippen LogP contribution in [0.1, 0.15) is 94.9 Å². The van der Waals surface area contributed by atoms with Crippen LogP contribution in [-0.2, 0) is 31.3 Å². The summed E-state index contributed by atoms with van der Waals surface area (Å²) >= 11 is 6.20. The van der Waals surface area contributed by atoms with Crippen molar-refractivity contribution in [3.8, 4) is 0 Å². The molecule has 10 heteroatoms. The summed E-state index contributed by atoms with van der Waals surface area (Å²) in [6.45, 7) is 17.9. The van der Waals surface area contributed by atoms with Gasteiger partial charge in [-0.3, -0.25) is 0 Å². The van der Waals surface area contributed by atoms with E-state index in [1.165, 1.54) is 10.1 Å². The highest BCUT2D eigenvalue weighted by Crippen LogP contribution is 2.64. The van der Waals surface area contributed by atoms with Crippen molar-refractivity contribution < 1.29 is 19.5 Å². The molecule has 8 nitrogen and oxygen atoms in total. The van der Waals surface area contributed by atoms with Crippen LogP contribution in [0, 0.1) is 0 Å². The lowest BCUT2D eigenvalue weighted by Gasteiger charge is -2.51. The standard InChI is InChI=1S/C22H43N4O4PS/c1-11-23-16(2)24(23)31(32,29-17-12-19(3,4)25(27)20(5,6)13-17)30-18-14-21(7,8)26(28)22(9,10)15-18/h16-18H,11-15H2,1-10H3. The molecule has 3 aliphatic heterocycles. The average Bonchev–Trinajstić information content (AvgIpc) is 3.27. The maximum atomic E-state index is 12.8. The van der Waals surface area contributed by atoms with E-state index in [-0.39, 0.29) is 18.4 Å². The van der Waals surface area contributed by atoms with Crippen LogP contribution < -0.4 is 0 Å². The molecule has 3 aliphatic rings. The molecular formula is C22H43N4O4PS. The molecule has 0 spiro atoms. The van der Waals surface area contributed by atoms with Gasteiger partial charge >= 0.3 is 0 Å². The van der Waals surface area contributed by atoms with Crippen molar-refractivity contribution in [3.05, 3.63) is 0 Å². The van der Waals surface area contributed by atoms with E-state index in [2.05, 4.69) is 23.6 Å². The highest BCUT2D eigenvalue weighted by atomic mass is 32.5. The third kappa shape index (κ3) is 4.99. The number of nitrogens with zero attached hydrogens (tertiary/aromatic N) is 4. The summed E-state index contributed by atoms with van der Waals surface area (Å²) in [5.74, 6) is 0. The third-order valence-electron chi connectivity index (χ3n) is 7.22. The van der Waals surface area contributed by atoms with Crippen LogP contribution in [0.4, 0.5) is 0 Å². The zero-order valence-corrected chi connectivity index (χ0v) is 23.3. The van der Waals surface area contributed by atoms with Gasteiger partial charge in [-0.25, -0.2) is 5.01 Å². The van der Waals surface area contributed by atoms with E-state index in [0.717, 1.165) is 6.54 Å². The first-order valence-corrected chi connectivity index (χ1v) is 14.4. The lowest BCUT2D eigenvalue weighted by molar-refractivity contribution is -0.299. The summed E-state index contributed by atoms with van der Waals surface area (Å²) in [4.78, 5) is 0. The Hall–Kier alpha value is 0.330. The van der Waals surface area contributed by atoms with E-state index < -0.39 is 28.8 Å². The quantitative estimate of drug-likeness (QED) is 0.388. The first-order valence-electron chi connectivity index (χ1n) is 11.8. The van der Waals surface area contributed by atoms with Gasteiger partial charge in [-0.1, -0.05) is 6.92 Å². The maximum absolute atomic E-state index is 12.8. The topological polar surface area (TPSA) is 70.8 Å². The van der Waals surface area contributed by atoms with Crippen molar-refractivity contribution >= 4 is 18.4 Å². The van der Waals surface area contributed by atoms with Gasteiger partial charge in [0.25, 0.3) is 6.64 Å². The predicted octanol–water partition coefficient (Wildman–Crippen LogP) is 4.88. The third-order valence-corrected chi connectivity index (χ3v) is 10.4. The minimum atomic E-state index is -2.86. The van der Waals surface area contributed by atoms with Gasteiger partial charge < -0.3 is 9.05 Å². The lowest BCUT2D eigenvalue weighted by Crippen LogP contribution is -2.60. The second kappa shape index (κ2) is 8.47. The molecule has 3 fully saturated rings. The van der Waals surface area contributed by atoms with E-state index in [1.807, 2.05) is 55.4 Å². The van der Waals surface area contributed by atoms with Crippen molar-refractivity contribution in [1.82, 2.24) is 19.9 Å². The molecule has 0 aromatic carbocycles. The molecule has 3 atom stereocenters. The number of piperidine rings is 2. The zero-order chi connectivity index (χ0) is 24.5. The zero-order valence-electron chi connectivity index (χ0n) is 21.5. The van der Waals surface area contributed by atoms with E-state index in [1.54, 1.807) is 0 Å². The Balaban J connectivity index is 1.86. The second-order valence-electron chi connectivity index (χ2n) is 12.3. The van der Waals surface area contributed by atoms with Crippen molar-refractivity contribution in [1.29, 1.82) is 0 Å². The summed E-state index contributed by atoms with van der Waals surface area (Å²) in [5, 5.41) is 30.2. The highest BCUT2D eigenvalue weighted by molar-refractivity contribution is 8.08. The minimum Gasteiger partial charge on any atom is -0.313 e. The lowest BCUT2D eigenvalue weighted by atomic mass is 9.80. The summed E-state index contributed by atoms with van der Waals surface area (Å²) in [6, 6.07) is 0. The first-order chi connectivity index (χ1) is 14.4. The largest absolute Gasteiger partial charge is 0.313 e. The van der Waals surface area contributed by atoms with Gasteiger partial charge in [0.2, 0.25) is 0 Å². The molecule has 3 unspecified atom stereocenters. The fourth-order valence-electron chi connectivity index (χ4n) is 6.04. The number of hydrogen-bond donors (Lipinski definition) is 0. The van der Waals surface area contributed by atoms with E-state index >= 15 is 0 Å². The monoisotopic (exact) mass is 490 g/mol. The Kier molecular flexibility index (Phi) is 7.13. The van der Waals surface area contributed by atoms with Gasteiger partial charge in [-0.15, -0.1) is 25.3 Å². The van der Waals surface area contributed by atoms with Crippen LogP contribution in [0.15, 0.2) is 0 Å². The fraction of sp³-hybridized carbons (Fsp3) is 1.00. The van der Waals surface area contributed by atoms with Gasteiger partial charge in [0.15, 0.2) is 0 Å². The minimum absolute atomic E-state index is 0.159. The molecule has 0 aliphatic carbocycles. The molecule has 3 heterocycles. The molecule has 3 saturated heterocycles. The van der Waals surface area contributed by atoms with Gasteiger partial charge in [0.1, 0.15) is 0 Å². The molecule has 0 amide bonds. The first kappa shape index (κ1) is 26.9. The normalized spacial score (nSPS) is 35.7. The highest BCUT2D eigenvalue weighted by Gasteiger charge is 2.57. The van der Waals surface area contributed by atoms with Crippen LogP contribution in [0.25, 0.3) is 0 Å². The van der Waals surface area contributed by atoms with Gasteiger partial charge in [0, 0.05) is 28.7 Å². The maximum Gasteiger partial charge on any atom is 0.279 e.